The lowest BCUT2D eigenvalue weighted by Crippen LogP contribution is -2.30. The Kier molecular flexibility index (Phi) is 68.4. The van der Waals surface area contributed by atoms with Gasteiger partial charge in [0.25, 0.3) is 0 Å². The van der Waals surface area contributed by atoms with Crippen molar-refractivity contribution in [2.24, 2.45) is 0 Å². The van der Waals surface area contributed by atoms with E-state index in [4.69, 9.17) is 37.0 Å². The zero-order valence-electron chi connectivity index (χ0n) is 61.7. The fraction of sp³-hybridized carbons (Fsp3) is 0.747. The molecule has 0 radical (unpaired) electrons. The third-order valence-corrected chi connectivity index (χ3v) is 17.9. The van der Waals surface area contributed by atoms with Crippen LogP contribution in [0.3, 0.4) is 0 Å². The van der Waals surface area contributed by atoms with Crippen molar-refractivity contribution in [3.05, 3.63) is 97.2 Å². The molecule has 19 heteroatoms. The third-order valence-electron chi connectivity index (χ3n) is 16.0. The lowest BCUT2D eigenvalue weighted by molar-refractivity contribution is -0.161. The van der Waals surface area contributed by atoms with Crippen molar-refractivity contribution in [1.82, 2.24) is 0 Å². The van der Waals surface area contributed by atoms with Crippen molar-refractivity contribution >= 4 is 39.5 Å². The van der Waals surface area contributed by atoms with Crippen LogP contribution >= 0.6 is 15.6 Å². The van der Waals surface area contributed by atoms with Gasteiger partial charge in [0.1, 0.15) is 19.3 Å². The molecule has 0 saturated heterocycles. The van der Waals surface area contributed by atoms with Gasteiger partial charge in [-0.15, -0.1) is 0 Å². The van der Waals surface area contributed by atoms with Gasteiger partial charge in [0.05, 0.1) is 26.4 Å². The van der Waals surface area contributed by atoms with Gasteiger partial charge in [0, 0.05) is 25.7 Å². The van der Waals surface area contributed by atoms with Gasteiger partial charge in [-0.2, -0.15) is 0 Å². The van der Waals surface area contributed by atoms with Crippen LogP contribution in [0, 0.1) is 0 Å². The number of hydrogen-bond donors (Lipinski definition) is 3. The van der Waals surface area contributed by atoms with Crippen LogP contribution in [-0.2, 0) is 65.4 Å². The molecule has 0 spiro atoms. The number of carbonyl (C=O) groups excluding carboxylic acids is 4. The van der Waals surface area contributed by atoms with Gasteiger partial charge in [-0.3, -0.25) is 37.3 Å². The first-order valence-corrected chi connectivity index (χ1v) is 41.5. The number of phosphoric ester groups is 2. The Hall–Kier alpha value is -4.02. The van der Waals surface area contributed by atoms with Crippen molar-refractivity contribution < 1.29 is 80.2 Å². The van der Waals surface area contributed by atoms with E-state index >= 15 is 0 Å². The smallest absolute Gasteiger partial charge is 0.462 e. The SMILES string of the molecule is CC/C=C\C/C=C\C/C=C\C/C=C\C/C=C\CCCCCC(=O)OCC(COP(=O)(O)OCC(O)COP(=O)(O)OCC(COC(=O)CCCCCCC/C=C\CCCCCCCC)OC(=O)CCCCCCC/C=C\CCCCCC)OC(=O)CCCCCCC/C=C\CCCC. The molecule has 98 heavy (non-hydrogen) atoms. The van der Waals surface area contributed by atoms with E-state index in [1.165, 1.54) is 77.0 Å². The molecule has 0 rings (SSSR count). The van der Waals surface area contributed by atoms with E-state index in [1.807, 2.05) is 0 Å². The molecule has 5 unspecified atom stereocenters. The van der Waals surface area contributed by atoms with Gasteiger partial charge in [-0.05, 0) is 141 Å². The summed E-state index contributed by atoms with van der Waals surface area (Å²) in [5.74, 6) is -2.23. The van der Waals surface area contributed by atoms with E-state index in [9.17, 15) is 43.2 Å². The quantitative estimate of drug-likeness (QED) is 0.0169. The predicted octanol–water partition coefficient (Wildman–Crippen LogP) is 22.0. The minimum Gasteiger partial charge on any atom is -0.462 e. The molecule has 0 amide bonds. The maximum absolute atomic E-state index is 13.1. The summed E-state index contributed by atoms with van der Waals surface area (Å²) in [6.45, 7) is 4.65. The van der Waals surface area contributed by atoms with Crippen LogP contribution < -0.4 is 0 Å². The summed E-state index contributed by atoms with van der Waals surface area (Å²) in [4.78, 5) is 72.8. The van der Waals surface area contributed by atoms with Crippen LogP contribution in [0.2, 0.25) is 0 Å². The summed E-state index contributed by atoms with van der Waals surface area (Å²) in [5, 5.41) is 10.6. The molecule has 5 atom stereocenters. The van der Waals surface area contributed by atoms with E-state index in [-0.39, 0.29) is 25.7 Å². The highest BCUT2D eigenvalue weighted by molar-refractivity contribution is 7.47. The minimum absolute atomic E-state index is 0.0762. The molecule has 566 valence electrons. The fourth-order valence-corrected chi connectivity index (χ4v) is 11.7. The molecule has 17 nitrogen and oxygen atoms in total. The van der Waals surface area contributed by atoms with Crippen LogP contribution in [0.1, 0.15) is 323 Å². The predicted molar refractivity (Wildman–Crippen MR) is 399 cm³/mol. The normalized spacial score (nSPS) is 14.5. The van der Waals surface area contributed by atoms with Crippen LogP contribution in [0.25, 0.3) is 0 Å². The molecule has 0 aliphatic heterocycles. The van der Waals surface area contributed by atoms with Crippen LogP contribution in [-0.4, -0.2) is 96.7 Å². The van der Waals surface area contributed by atoms with Crippen LogP contribution in [0.4, 0.5) is 0 Å². The molecule has 0 bridgehead atoms. The first-order valence-electron chi connectivity index (χ1n) is 38.5. The van der Waals surface area contributed by atoms with Gasteiger partial charge >= 0.3 is 39.5 Å². The number of aliphatic hydroxyl groups excluding tert-OH is 1. The molecule has 0 aromatic heterocycles. The monoisotopic (exact) mass is 1420 g/mol. The lowest BCUT2D eigenvalue weighted by Gasteiger charge is -2.21. The molecule has 0 fully saturated rings. The zero-order chi connectivity index (χ0) is 71.8. The average Bonchev–Trinajstić information content (AvgIpc) is 1.00. The summed E-state index contributed by atoms with van der Waals surface area (Å²) in [6, 6.07) is 0. The molecule has 3 N–H and O–H groups in total. The molecule has 0 saturated carbocycles. The van der Waals surface area contributed by atoms with Gasteiger partial charge in [-0.1, -0.05) is 253 Å². The minimum atomic E-state index is -4.98. The molecule has 0 heterocycles. The standard InChI is InChI=1S/C79H138O17P2/c1-5-9-13-17-21-25-29-32-34-35-36-37-39-42-45-48-52-56-60-64-77(82)89-69-74(95-78(83)65-61-57-53-49-43-28-24-20-16-12-8-4)71-93-97(85,86)91-67-73(80)68-92-98(87,88)94-72-75(96-79(84)66-62-58-54-50-46-40-31-27-23-19-15-11-7-3)70-90-76(81)63-59-55-51-47-44-41-38-33-30-26-22-18-14-10-6-2/h9,13,20-21,24-25,27,31-34,36-38,42,45,73-75,80H,5-8,10-12,14-19,22-23,26,28-30,35,39-41,43-44,46-72H2,1-4H3,(H,85,86)(H,87,88)/b13-9-,24-20-,25-21-,31-27-,34-32-,37-36-,38-33-,45-42-. The van der Waals surface area contributed by atoms with Crippen LogP contribution in [0.15, 0.2) is 97.2 Å². The molecule has 0 aliphatic rings. The second-order valence-corrected chi connectivity index (χ2v) is 28.5. The van der Waals surface area contributed by atoms with Gasteiger partial charge in [-0.25, -0.2) is 9.13 Å². The Balaban J connectivity index is 5.34. The first-order chi connectivity index (χ1) is 47.7. The highest BCUT2D eigenvalue weighted by Gasteiger charge is 2.30. The number of allylic oxidation sites excluding steroid dienone is 16. The largest absolute Gasteiger partial charge is 0.472 e. The number of ether oxygens (including phenoxy) is 4. The number of aliphatic hydroxyl groups is 1. The maximum atomic E-state index is 13.1. The van der Waals surface area contributed by atoms with E-state index in [2.05, 4.69) is 125 Å². The summed E-state index contributed by atoms with van der Waals surface area (Å²) in [6.07, 6.45) is 74.0. The number of esters is 4. The average molecular weight is 1420 g/mol. The zero-order valence-corrected chi connectivity index (χ0v) is 63.5. The summed E-state index contributed by atoms with van der Waals surface area (Å²) >= 11 is 0. The van der Waals surface area contributed by atoms with E-state index in [0.29, 0.717) is 25.7 Å². The van der Waals surface area contributed by atoms with Crippen molar-refractivity contribution in [3.8, 4) is 0 Å². The second-order valence-electron chi connectivity index (χ2n) is 25.6. The summed E-state index contributed by atoms with van der Waals surface area (Å²) in [5.41, 5.74) is 0. The Morgan fingerprint density at radius 3 is 0.878 bits per heavy atom. The number of hydrogen-bond acceptors (Lipinski definition) is 15. The number of rotatable bonds is 72. The van der Waals surface area contributed by atoms with Crippen LogP contribution in [0.5, 0.6) is 0 Å². The van der Waals surface area contributed by atoms with Gasteiger partial charge in [0.2, 0.25) is 0 Å². The highest BCUT2D eigenvalue weighted by Crippen LogP contribution is 2.45. The number of carbonyl (C=O) groups is 4. The molecular weight excluding hydrogens is 1280 g/mol. The fourth-order valence-electron chi connectivity index (χ4n) is 10.1. The Morgan fingerprint density at radius 2 is 0.541 bits per heavy atom. The summed E-state index contributed by atoms with van der Waals surface area (Å²) < 4.78 is 68.4. The third kappa shape index (κ3) is 70.4. The Bertz CT molecular complexity index is 2240. The molecule has 0 aromatic rings. The highest BCUT2D eigenvalue weighted by atomic mass is 31.2. The first kappa shape index (κ1) is 94.0. The summed E-state index contributed by atoms with van der Waals surface area (Å²) in [7, 11) is -9.96. The lowest BCUT2D eigenvalue weighted by atomic mass is 10.1. The van der Waals surface area contributed by atoms with Crippen molar-refractivity contribution in [2.45, 2.75) is 341 Å². The van der Waals surface area contributed by atoms with Crippen molar-refractivity contribution in [3.63, 3.8) is 0 Å². The number of phosphoric acid groups is 2. The second kappa shape index (κ2) is 71.4. The van der Waals surface area contributed by atoms with E-state index in [0.717, 1.165) is 167 Å². The molecule has 0 aliphatic carbocycles. The van der Waals surface area contributed by atoms with Gasteiger partial charge < -0.3 is 33.8 Å². The van der Waals surface area contributed by atoms with E-state index < -0.39 is 97.5 Å². The topological polar surface area (TPSA) is 237 Å². The van der Waals surface area contributed by atoms with E-state index in [1.54, 1.807) is 0 Å². The maximum Gasteiger partial charge on any atom is 0.472 e. The number of unbranched alkanes of at least 4 members (excludes halogenated alkanes) is 30. The van der Waals surface area contributed by atoms with Gasteiger partial charge in [0.15, 0.2) is 12.2 Å². The Labute approximate surface area is 595 Å². The van der Waals surface area contributed by atoms with Crippen molar-refractivity contribution in [2.75, 3.05) is 39.6 Å². The Morgan fingerprint density at radius 1 is 0.296 bits per heavy atom. The molecular formula is C79H138O17P2. The van der Waals surface area contributed by atoms with Crippen molar-refractivity contribution in [1.29, 1.82) is 0 Å². The molecule has 0 aromatic carbocycles.